The molecule has 5 rings (SSSR count). The number of hydrogen-bond acceptors (Lipinski definition) is 10. The summed E-state index contributed by atoms with van der Waals surface area (Å²) in [4.78, 5) is 8.07. The lowest BCUT2D eigenvalue weighted by molar-refractivity contribution is -0.0629. The Morgan fingerprint density at radius 2 is 2.19 bits per heavy atom. The molecular formula is C24H31FN6O4S. The topological polar surface area (TPSA) is 138 Å². The zero-order valence-corrected chi connectivity index (χ0v) is 19.5. The number of rotatable bonds is 10. The van der Waals surface area contributed by atoms with Crippen LogP contribution < -0.4 is 5.32 Å². The van der Waals surface area contributed by atoms with Crippen LogP contribution in [0.25, 0.3) is 11.2 Å². The molecule has 2 fully saturated rings. The van der Waals surface area contributed by atoms with Gasteiger partial charge in [-0.05, 0) is 36.9 Å². The van der Waals surface area contributed by atoms with Crippen molar-refractivity contribution < 1.29 is 46.4 Å². The van der Waals surface area contributed by atoms with Crippen LogP contribution in [-0.2, 0) is 4.74 Å². The fraction of sp³-hybridized carbons (Fsp3) is 0.583. The fourth-order valence-electron chi connectivity index (χ4n) is 3.37. The zero-order valence-electron chi connectivity index (χ0n) is 34.7. The zero-order chi connectivity index (χ0) is 39.9. The number of benzene rings is 1. The first-order valence-corrected chi connectivity index (χ1v) is 11.2. The van der Waals surface area contributed by atoms with Crippen molar-refractivity contribution in [2.24, 2.45) is 0 Å². The van der Waals surface area contributed by atoms with Gasteiger partial charge in [-0.15, -0.1) is 5.10 Å². The van der Waals surface area contributed by atoms with Crippen molar-refractivity contribution in [3.63, 3.8) is 0 Å². The summed E-state index contributed by atoms with van der Waals surface area (Å²) in [6.07, 6.45) is -20.2. The van der Waals surface area contributed by atoms with E-state index in [4.69, 9.17) is 21.9 Å². The molecule has 2 aliphatic rings. The second-order valence-corrected chi connectivity index (χ2v) is 8.29. The van der Waals surface area contributed by atoms with Crippen LogP contribution in [0.5, 0.6) is 0 Å². The van der Waals surface area contributed by atoms with Crippen molar-refractivity contribution in [1.29, 1.82) is 0 Å². The molecule has 0 saturated heterocycles. The molecule has 1 aromatic carbocycles. The van der Waals surface area contributed by atoms with Crippen molar-refractivity contribution in [1.82, 2.24) is 25.0 Å². The highest BCUT2D eigenvalue weighted by Crippen LogP contribution is 2.44. The summed E-state index contributed by atoms with van der Waals surface area (Å²) in [5, 5.41) is 41.1. The Kier molecular flexibility index (Phi) is 3.64. The van der Waals surface area contributed by atoms with Gasteiger partial charge in [0.2, 0.25) is 0 Å². The summed E-state index contributed by atoms with van der Waals surface area (Å²) >= 11 is 0.0296. The predicted octanol–water partition coefficient (Wildman–Crippen LogP) is 2.18. The largest absolute Gasteiger partial charge is 0.394 e. The third kappa shape index (κ3) is 4.92. The third-order valence-electron chi connectivity index (χ3n) is 5.21. The summed E-state index contributed by atoms with van der Waals surface area (Å²) in [5.41, 5.74) is -4.09. The Morgan fingerprint density at radius 3 is 2.94 bits per heavy atom. The Labute approximate surface area is 234 Å². The summed E-state index contributed by atoms with van der Waals surface area (Å²) in [7, 11) is 0. The molecule has 4 N–H and O–H groups in total. The van der Waals surface area contributed by atoms with E-state index in [1.165, 1.54) is 19.1 Å². The molecule has 36 heavy (non-hydrogen) atoms. The van der Waals surface area contributed by atoms with E-state index >= 15 is 0 Å². The second-order valence-electron chi connectivity index (χ2n) is 7.52. The molecule has 3 aromatic rings. The number of ether oxygens (including phenoxy) is 1. The van der Waals surface area contributed by atoms with Gasteiger partial charge in [0, 0.05) is 33.6 Å². The molecule has 0 aliphatic heterocycles. The predicted molar refractivity (Wildman–Crippen MR) is 133 cm³/mol. The van der Waals surface area contributed by atoms with E-state index in [9.17, 15) is 19.7 Å². The molecule has 0 bridgehead atoms. The highest BCUT2D eigenvalue weighted by Gasteiger charge is 2.45. The molecule has 2 aliphatic carbocycles. The highest BCUT2D eigenvalue weighted by atomic mass is 32.2. The van der Waals surface area contributed by atoms with Crippen molar-refractivity contribution in [2.75, 3.05) is 24.1 Å². The number of halogens is 1. The lowest BCUT2D eigenvalue weighted by Gasteiger charge is -2.17. The van der Waals surface area contributed by atoms with E-state index in [0.29, 0.717) is 0 Å². The van der Waals surface area contributed by atoms with E-state index < -0.39 is 95.7 Å². The average molecular weight is 535 g/mol. The Hall–Kier alpha value is -2.38. The number of nitrogens with one attached hydrogen (secondary N) is 1. The maximum Gasteiger partial charge on any atom is 0.191 e. The molecule has 0 spiro atoms. The highest BCUT2D eigenvalue weighted by molar-refractivity contribution is 7.99. The van der Waals surface area contributed by atoms with Crippen LogP contribution in [0.1, 0.15) is 71.1 Å². The molecule has 2 heterocycles. The number of nitrogens with zero attached hydrogens (tertiary/aromatic N) is 5. The van der Waals surface area contributed by atoms with Crippen molar-refractivity contribution in [3.8, 4) is 0 Å². The number of aryl methyl sites for hydroxylation is 1. The average Bonchev–Trinajstić information content (AvgIpc) is 3.26. The molecule has 2 aromatic heterocycles. The van der Waals surface area contributed by atoms with E-state index in [0.717, 1.165) is 13.0 Å². The summed E-state index contributed by atoms with van der Waals surface area (Å²) in [6, 6.07) is -2.24. The minimum absolute atomic E-state index is 0.0296. The standard InChI is InChI=1S/C24H31FN6O4S/c1-3-8-36-24-27-22(26-16-10-14(16)13-5-4-12(2)15(25)9-13)19-23(28-24)31(30-29-19)17-11-18(35-7-6-32)21(34)20(17)33/h4-5,9,14,16-18,20-21,32-34H,3,6-8,10-11H2,1-2H3,(H,26,27,28)/t14-,16+,17+,18-,20-,21+/m0/s1/i3D2,6D2,7D2,8D2,11D2,14D,16D,17D,18D,20D,21D. The first kappa shape index (κ1) is 12.4. The fourth-order valence-corrected chi connectivity index (χ4v) is 3.84. The van der Waals surface area contributed by atoms with Gasteiger partial charge in [0.05, 0.1) is 37.6 Å². The summed E-state index contributed by atoms with van der Waals surface area (Å²) < 4.78 is 151. The van der Waals surface area contributed by atoms with Crippen LogP contribution in [0.2, 0.25) is 0 Å². The van der Waals surface area contributed by atoms with Crippen LogP contribution in [0.3, 0.4) is 0 Å². The van der Waals surface area contributed by atoms with Crippen molar-refractivity contribution in [3.05, 3.63) is 35.1 Å². The van der Waals surface area contributed by atoms with Gasteiger partial charge >= 0.3 is 0 Å². The van der Waals surface area contributed by atoms with Gasteiger partial charge in [0.25, 0.3) is 0 Å². The first-order valence-electron chi connectivity index (χ1n) is 18.3. The molecule has 0 unspecified atom stereocenters. The van der Waals surface area contributed by atoms with Crippen LogP contribution >= 0.6 is 11.8 Å². The number of fused-ring (bicyclic) bond motifs is 1. The van der Waals surface area contributed by atoms with E-state index in [1.807, 2.05) is 0 Å². The Morgan fingerprint density at radius 1 is 1.36 bits per heavy atom. The molecule has 12 heteroatoms. The number of thioether (sulfide) groups is 1. The first-order chi connectivity index (χ1) is 23.1. The second kappa shape index (κ2) is 10.5. The van der Waals surface area contributed by atoms with Gasteiger partial charge in [-0.25, -0.2) is 19.0 Å². The molecule has 10 nitrogen and oxygen atoms in total. The molecule has 6 atom stereocenters. The minimum atomic E-state index is -4.42. The molecule has 2 saturated carbocycles. The van der Waals surface area contributed by atoms with Gasteiger partial charge in [0.15, 0.2) is 22.1 Å². The maximum atomic E-state index is 14.4. The third-order valence-corrected chi connectivity index (χ3v) is 5.88. The van der Waals surface area contributed by atoms with Gasteiger partial charge in [0.1, 0.15) is 18.0 Å². The number of hydrogen-bond donors (Lipinski definition) is 4. The van der Waals surface area contributed by atoms with Gasteiger partial charge in [-0.2, -0.15) is 0 Å². The maximum absolute atomic E-state index is 14.4. The molecule has 0 radical (unpaired) electrons. The van der Waals surface area contributed by atoms with Crippen LogP contribution in [-0.4, -0.2) is 83.4 Å². The Balaban J connectivity index is 1.73. The van der Waals surface area contributed by atoms with Crippen LogP contribution in [0.15, 0.2) is 23.4 Å². The van der Waals surface area contributed by atoms with E-state index in [2.05, 4.69) is 30.3 Å². The molecule has 194 valence electrons. The van der Waals surface area contributed by atoms with Gasteiger partial charge < -0.3 is 25.4 Å². The molecular weight excluding hydrogens is 487 g/mol. The number of aliphatic hydroxyl groups is 3. The van der Waals surface area contributed by atoms with E-state index in [-0.39, 0.29) is 34.0 Å². The summed E-state index contributed by atoms with van der Waals surface area (Å²) in [6.45, 7) is -5.82. The number of anilines is 1. The summed E-state index contributed by atoms with van der Waals surface area (Å²) in [5.74, 6) is -3.10. The normalized spacial score (nSPS) is 49.4. The smallest absolute Gasteiger partial charge is 0.191 e. The SMILES string of the molecule is [2H]C([2H])(C)C([2H])([2H])Sc1nc(N[C@]2([2H])C[C@@]2([2H])c2ccc(C)c(F)c2)c2nnn([C@]3([2H])C([2H])([2H])[C@]([2H])(OC([2H])([2H])C([2H])([2H])O)[C@@]([2H])(O)[C@@]3([2H])O)c2n1. The van der Waals surface area contributed by atoms with Crippen LogP contribution in [0, 0.1) is 12.7 Å². The van der Waals surface area contributed by atoms with Crippen molar-refractivity contribution in [2.45, 2.75) is 74.3 Å². The van der Waals surface area contributed by atoms with E-state index in [1.54, 1.807) is 0 Å². The monoisotopic (exact) mass is 534 g/mol. The minimum Gasteiger partial charge on any atom is -0.394 e. The van der Waals surface area contributed by atoms with Crippen LogP contribution in [0.4, 0.5) is 10.2 Å². The lowest BCUT2D eigenvalue weighted by Crippen LogP contribution is -2.33. The Bertz CT molecular complexity index is 1950. The van der Waals surface area contributed by atoms with Gasteiger partial charge in [-0.1, -0.05) is 36.0 Å². The van der Waals surface area contributed by atoms with Gasteiger partial charge in [-0.3, -0.25) is 0 Å². The lowest BCUT2D eigenvalue weighted by atomic mass is 10.1. The number of aromatic nitrogens is 5. The van der Waals surface area contributed by atoms with Crippen molar-refractivity contribution >= 4 is 28.7 Å². The molecule has 0 amide bonds. The quantitative estimate of drug-likeness (QED) is 0.226.